The number of anilines is 1. The van der Waals surface area contributed by atoms with Gasteiger partial charge in [-0.1, -0.05) is 0 Å². The van der Waals surface area contributed by atoms with Crippen LogP contribution in [0.4, 0.5) is 19.0 Å². The first-order chi connectivity index (χ1) is 9.38. The van der Waals surface area contributed by atoms with Gasteiger partial charge < -0.3 is 15.1 Å². The topological polar surface area (TPSA) is 76.3 Å². The van der Waals surface area contributed by atoms with Crippen molar-refractivity contribution < 1.29 is 17.9 Å². The lowest BCUT2D eigenvalue weighted by Gasteiger charge is -2.29. The van der Waals surface area contributed by atoms with Gasteiger partial charge in [0.15, 0.2) is 0 Å². The lowest BCUT2D eigenvalue weighted by molar-refractivity contribution is -0.145. The van der Waals surface area contributed by atoms with E-state index in [1.807, 2.05) is 7.05 Å². The normalized spacial score (nSPS) is 18.1. The van der Waals surface area contributed by atoms with Gasteiger partial charge in [-0.25, -0.2) is 10.8 Å². The van der Waals surface area contributed by atoms with Crippen LogP contribution in [0.5, 0.6) is 5.88 Å². The van der Waals surface area contributed by atoms with Crippen molar-refractivity contribution in [2.24, 2.45) is 5.84 Å². The monoisotopic (exact) mass is 291 g/mol. The second kappa shape index (κ2) is 5.80. The number of ether oxygens (including phenoxy) is 1. The number of nitrogens with one attached hydrogen (secondary N) is 1. The number of hydrogen-bond acceptors (Lipinski definition) is 6. The lowest BCUT2D eigenvalue weighted by Crippen LogP contribution is -2.36. The molecule has 0 aromatic carbocycles. The molecular weight excluding hydrogens is 275 g/mol. The minimum Gasteiger partial charge on any atom is -0.474 e. The molecule has 3 N–H and O–H groups in total. The van der Waals surface area contributed by atoms with Gasteiger partial charge in [0.2, 0.25) is 11.7 Å². The van der Waals surface area contributed by atoms with Gasteiger partial charge in [0.25, 0.3) is 0 Å². The van der Waals surface area contributed by atoms with Crippen molar-refractivity contribution in [3.05, 3.63) is 11.9 Å². The van der Waals surface area contributed by atoms with E-state index in [1.165, 1.54) is 6.07 Å². The maximum atomic E-state index is 12.7. The van der Waals surface area contributed by atoms with Crippen molar-refractivity contribution in [3.8, 4) is 5.88 Å². The summed E-state index contributed by atoms with van der Waals surface area (Å²) in [5.41, 5.74) is 2.08. The van der Waals surface area contributed by atoms with Crippen molar-refractivity contribution in [1.82, 2.24) is 14.9 Å². The van der Waals surface area contributed by atoms with Crippen molar-refractivity contribution in [3.63, 3.8) is 0 Å². The second-order valence-electron chi connectivity index (χ2n) is 4.68. The van der Waals surface area contributed by atoms with Gasteiger partial charge in [0.1, 0.15) is 11.9 Å². The molecule has 9 heteroatoms. The van der Waals surface area contributed by atoms with E-state index in [4.69, 9.17) is 10.6 Å². The summed E-state index contributed by atoms with van der Waals surface area (Å²) >= 11 is 0. The average Bonchev–Trinajstić information content (AvgIpc) is 2.40. The van der Waals surface area contributed by atoms with Gasteiger partial charge in [0, 0.05) is 19.2 Å². The number of hydrogen-bond donors (Lipinski definition) is 2. The van der Waals surface area contributed by atoms with Crippen LogP contribution in [0.1, 0.15) is 18.7 Å². The van der Waals surface area contributed by atoms with Crippen LogP contribution in [0.15, 0.2) is 6.07 Å². The Morgan fingerprint density at radius 1 is 1.35 bits per heavy atom. The van der Waals surface area contributed by atoms with Gasteiger partial charge in [0.05, 0.1) is 0 Å². The smallest absolute Gasteiger partial charge is 0.451 e. The first-order valence-electron chi connectivity index (χ1n) is 6.16. The highest BCUT2D eigenvalue weighted by molar-refractivity contribution is 5.37. The van der Waals surface area contributed by atoms with Crippen molar-refractivity contribution in [2.75, 3.05) is 25.6 Å². The minimum absolute atomic E-state index is 0.116. The van der Waals surface area contributed by atoms with Gasteiger partial charge in [-0.05, 0) is 19.9 Å². The Balaban J connectivity index is 2.14. The third kappa shape index (κ3) is 3.70. The molecule has 1 fully saturated rings. The largest absolute Gasteiger partial charge is 0.474 e. The first-order valence-corrected chi connectivity index (χ1v) is 6.16. The number of aromatic nitrogens is 2. The molecule has 0 bridgehead atoms. The zero-order chi connectivity index (χ0) is 14.8. The fourth-order valence-corrected chi connectivity index (χ4v) is 1.96. The molecule has 6 nitrogen and oxygen atoms in total. The average molecular weight is 291 g/mol. The Hall–Kier alpha value is -1.61. The highest BCUT2D eigenvalue weighted by Crippen LogP contribution is 2.29. The van der Waals surface area contributed by atoms with E-state index in [2.05, 4.69) is 20.3 Å². The number of rotatable bonds is 3. The van der Waals surface area contributed by atoms with Crippen LogP contribution in [0.2, 0.25) is 0 Å². The fraction of sp³-hybridized carbons (Fsp3) is 0.636. The molecule has 2 rings (SSSR count). The summed E-state index contributed by atoms with van der Waals surface area (Å²) in [6.45, 7) is 1.67. The van der Waals surface area contributed by atoms with Gasteiger partial charge in [-0.2, -0.15) is 18.2 Å². The number of alkyl halides is 3. The number of nitrogen functional groups attached to an aromatic ring is 1. The van der Waals surface area contributed by atoms with Gasteiger partial charge >= 0.3 is 6.18 Å². The summed E-state index contributed by atoms with van der Waals surface area (Å²) in [5, 5.41) is 0. The van der Waals surface area contributed by atoms with E-state index in [1.54, 1.807) is 0 Å². The van der Waals surface area contributed by atoms with Crippen LogP contribution in [0.25, 0.3) is 0 Å². The lowest BCUT2D eigenvalue weighted by atomic mass is 10.1. The molecule has 112 valence electrons. The van der Waals surface area contributed by atoms with Crippen molar-refractivity contribution in [2.45, 2.75) is 25.1 Å². The molecule has 2 heterocycles. The second-order valence-corrected chi connectivity index (χ2v) is 4.68. The summed E-state index contributed by atoms with van der Waals surface area (Å²) in [7, 11) is 1.99. The van der Waals surface area contributed by atoms with Crippen molar-refractivity contribution in [1.29, 1.82) is 0 Å². The summed E-state index contributed by atoms with van der Waals surface area (Å²) in [5.74, 6) is 3.60. The predicted molar refractivity (Wildman–Crippen MR) is 66.0 cm³/mol. The summed E-state index contributed by atoms with van der Waals surface area (Å²) < 4.78 is 43.5. The number of piperidine rings is 1. The molecule has 1 aliphatic rings. The fourth-order valence-electron chi connectivity index (χ4n) is 1.96. The molecule has 0 atom stereocenters. The van der Waals surface area contributed by atoms with Gasteiger partial charge in [-0.3, -0.25) is 0 Å². The van der Waals surface area contributed by atoms with Crippen LogP contribution >= 0.6 is 0 Å². The van der Waals surface area contributed by atoms with E-state index in [-0.39, 0.29) is 17.8 Å². The third-order valence-corrected chi connectivity index (χ3v) is 3.06. The zero-order valence-electron chi connectivity index (χ0n) is 10.9. The summed E-state index contributed by atoms with van der Waals surface area (Å²) in [6.07, 6.45) is -3.30. The SMILES string of the molecule is CN1CCC(Oc2cc(NN)nc(C(F)(F)F)n2)CC1. The molecular formula is C11H16F3N5O. The number of halogens is 3. The van der Waals surface area contributed by atoms with Crippen LogP contribution in [0, 0.1) is 0 Å². The highest BCUT2D eigenvalue weighted by atomic mass is 19.4. The number of hydrazine groups is 1. The van der Waals surface area contributed by atoms with E-state index in [9.17, 15) is 13.2 Å². The van der Waals surface area contributed by atoms with Crippen molar-refractivity contribution >= 4 is 5.82 Å². The number of likely N-dealkylation sites (tertiary alicyclic amines) is 1. The molecule has 1 aliphatic heterocycles. The Morgan fingerprint density at radius 2 is 2.00 bits per heavy atom. The van der Waals surface area contributed by atoms with E-state index >= 15 is 0 Å². The predicted octanol–water partition coefficient (Wildman–Crippen LogP) is 1.25. The van der Waals surface area contributed by atoms with Crippen LogP contribution in [-0.2, 0) is 6.18 Å². The molecule has 0 radical (unpaired) electrons. The molecule has 0 unspecified atom stereocenters. The van der Waals surface area contributed by atoms with E-state index < -0.39 is 12.0 Å². The third-order valence-electron chi connectivity index (χ3n) is 3.06. The summed E-state index contributed by atoms with van der Waals surface area (Å²) in [4.78, 5) is 8.80. The number of nitrogens with two attached hydrogens (primary N) is 1. The minimum atomic E-state index is -4.64. The molecule has 0 spiro atoms. The zero-order valence-corrected chi connectivity index (χ0v) is 10.9. The molecule has 0 aliphatic carbocycles. The maximum Gasteiger partial charge on any atom is 0.451 e. The quantitative estimate of drug-likeness (QED) is 0.645. The van der Waals surface area contributed by atoms with Crippen LogP contribution < -0.4 is 16.0 Å². The Kier molecular flexibility index (Phi) is 4.29. The molecule has 20 heavy (non-hydrogen) atoms. The highest BCUT2D eigenvalue weighted by Gasteiger charge is 2.36. The number of nitrogens with zero attached hydrogens (tertiary/aromatic N) is 3. The Labute approximate surface area is 114 Å². The van der Waals surface area contributed by atoms with Crippen LogP contribution in [0.3, 0.4) is 0 Å². The van der Waals surface area contributed by atoms with E-state index in [0.717, 1.165) is 25.9 Å². The molecule has 1 aromatic heterocycles. The molecule has 1 saturated heterocycles. The molecule has 0 saturated carbocycles. The maximum absolute atomic E-state index is 12.7. The Bertz CT molecular complexity index is 460. The van der Waals surface area contributed by atoms with Crippen LogP contribution in [-0.4, -0.2) is 41.1 Å². The molecule has 0 amide bonds. The first kappa shape index (κ1) is 14.8. The van der Waals surface area contributed by atoms with E-state index in [0.29, 0.717) is 0 Å². The van der Waals surface area contributed by atoms with Gasteiger partial charge in [-0.15, -0.1) is 0 Å². The Morgan fingerprint density at radius 3 is 2.55 bits per heavy atom. The standard InChI is InChI=1S/C11H16F3N5O/c1-19-4-2-7(3-5-19)20-9-6-8(18-15)16-10(17-9)11(12,13)14/h6-7H,2-5,15H2,1H3,(H,16,17,18). The molecule has 1 aromatic rings. The summed E-state index contributed by atoms with van der Waals surface area (Å²) in [6, 6.07) is 1.26.